The smallest absolute Gasteiger partial charge is 0.248 e. The normalized spacial score (nSPS) is 16.8. The van der Waals surface area contributed by atoms with Gasteiger partial charge < -0.3 is 14.6 Å². The van der Waals surface area contributed by atoms with Crippen molar-refractivity contribution in [2.45, 2.75) is 31.6 Å². The zero-order valence-corrected chi connectivity index (χ0v) is 20.2. The summed E-state index contributed by atoms with van der Waals surface area (Å²) < 4.78 is 38.5. The van der Waals surface area contributed by atoms with Gasteiger partial charge in [-0.15, -0.1) is 0 Å². The van der Waals surface area contributed by atoms with Crippen LogP contribution in [0, 0.1) is 19.8 Å². The summed E-state index contributed by atoms with van der Waals surface area (Å²) in [6.07, 6.45) is 1.25. The molecule has 0 aliphatic carbocycles. The van der Waals surface area contributed by atoms with Gasteiger partial charge >= 0.3 is 0 Å². The van der Waals surface area contributed by atoms with Gasteiger partial charge in [0.2, 0.25) is 15.9 Å². The Balaban J connectivity index is 1.32. The van der Waals surface area contributed by atoms with Gasteiger partial charge in [0.1, 0.15) is 22.9 Å². The number of sulfonamides is 1. The predicted octanol–water partition coefficient (Wildman–Crippen LogP) is 3.55. The molecular weight excluding hydrogens is 454 g/mol. The summed E-state index contributed by atoms with van der Waals surface area (Å²) in [7, 11) is -3.77. The number of rotatable bonds is 8. The summed E-state index contributed by atoms with van der Waals surface area (Å²) in [5, 5.41) is 6.65. The molecule has 1 saturated heterocycles. The van der Waals surface area contributed by atoms with Crippen molar-refractivity contribution in [2.24, 2.45) is 5.92 Å². The molecule has 4 rings (SSSR count). The zero-order chi connectivity index (χ0) is 24.1. The van der Waals surface area contributed by atoms with E-state index < -0.39 is 15.9 Å². The van der Waals surface area contributed by atoms with Gasteiger partial charge in [-0.1, -0.05) is 53.7 Å². The van der Waals surface area contributed by atoms with E-state index in [1.807, 2.05) is 54.6 Å². The molecule has 9 heteroatoms. The molecule has 1 aromatic heterocycles. The van der Waals surface area contributed by atoms with Crippen molar-refractivity contribution in [2.75, 3.05) is 26.2 Å². The first-order valence-electron chi connectivity index (χ1n) is 11.4. The highest BCUT2D eigenvalue weighted by molar-refractivity contribution is 7.89. The van der Waals surface area contributed by atoms with Crippen molar-refractivity contribution < 1.29 is 22.5 Å². The van der Waals surface area contributed by atoms with Crippen molar-refractivity contribution in [3.05, 3.63) is 66.1 Å². The van der Waals surface area contributed by atoms with Crippen LogP contribution in [0.1, 0.15) is 24.3 Å². The summed E-state index contributed by atoms with van der Waals surface area (Å²) in [5.41, 5.74) is 2.38. The van der Waals surface area contributed by atoms with E-state index in [4.69, 9.17) is 9.26 Å². The minimum Gasteiger partial charge on any atom is -0.491 e. The maximum Gasteiger partial charge on any atom is 0.248 e. The van der Waals surface area contributed by atoms with Crippen LogP contribution < -0.4 is 10.1 Å². The van der Waals surface area contributed by atoms with E-state index in [1.54, 1.807) is 13.8 Å². The average Bonchev–Trinajstić information content (AvgIpc) is 3.21. The Labute approximate surface area is 200 Å². The fraction of sp³-hybridized carbons (Fsp3) is 0.360. The number of nitrogens with one attached hydrogen (secondary N) is 1. The number of hydrogen-bond acceptors (Lipinski definition) is 6. The van der Waals surface area contributed by atoms with Crippen molar-refractivity contribution in [3.8, 4) is 16.9 Å². The SMILES string of the molecule is Cc1noc(C)c1S(=O)(=O)N1CCCC(C(=O)NCCOc2ccccc2-c2ccccc2)C1. The lowest BCUT2D eigenvalue weighted by Gasteiger charge is -2.31. The molecule has 0 saturated carbocycles. The lowest BCUT2D eigenvalue weighted by atomic mass is 9.99. The number of carbonyl (C=O) groups is 1. The van der Waals surface area contributed by atoms with Gasteiger partial charge in [-0.05, 0) is 38.3 Å². The number of amides is 1. The lowest BCUT2D eigenvalue weighted by molar-refractivity contribution is -0.126. The van der Waals surface area contributed by atoms with Gasteiger partial charge in [0, 0.05) is 18.7 Å². The highest BCUT2D eigenvalue weighted by atomic mass is 32.2. The van der Waals surface area contributed by atoms with Gasteiger partial charge in [0.15, 0.2) is 5.76 Å². The second-order valence-corrected chi connectivity index (χ2v) is 10.2. The molecule has 180 valence electrons. The Bertz CT molecular complexity index is 1220. The number of ether oxygens (including phenoxy) is 1. The molecule has 0 radical (unpaired) electrons. The summed E-state index contributed by atoms with van der Waals surface area (Å²) in [4.78, 5) is 12.9. The standard InChI is InChI=1S/C25H29N3O5S/c1-18-24(19(2)33-27-18)34(30,31)28-15-8-11-21(17-28)25(29)26-14-16-32-23-13-7-6-12-22(23)20-9-4-3-5-10-20/h3-7,9-10,12-13,21H,8,11,14-17H2,1-2H3,(H,26,29). The molecule has 1 fully saturated rings. The Morgan fingerprint density at radius 1 is 1.15 bits per heavy atom. The topological polar surface area (TPSA) is 102 Å². The fourth-order valence-corrected chi connectivity index (χ4v) is 6.09. The van der Waals surface area contributed by atoms with E-state index >= 15 is 0 Å². The molecule has 1 unspecified atom stereocenters. The van der Waals surface area contributed by atoms with Crippen LogP contribution in [-0.4, -0.2) is 50.0 Å². The quantitative estimate of drug-likeness (QED) is 0.492. The van der Waals surface area contributed by atoms with Crippen LogP contribution in [0.4, 0.5) is 0 Å². The minimum atomic E-state index is -3.77. The third-order valence-electron chi connectivity index (χ3n) is 5.95. The molecule has 1 aliphatic heterocycles. The minimum absolute atomic E-state index is 0.0963. The monoisotopic (exact) mass is 483 g/mol. The number of carbonyl (C=O) groups excluding carboxylic acids is 1. The van der Waals surface area contributed by atoms with Crippen LogP contribution >= 0.6 is 0 Å². The largest absolute Gasteiger partial charge is 0.491 e. The molecule has 0 bridgehead atoms. The first kappa shape index (κ1) is 24.0. The molecule has 34 heavy (non-hydrogen) atoms. The van der Waals surface area contributed by atoms with Crippen LogP contribution in [0.25, 0.3) is 11.1 Å². The molecule has 1 atom stereocenters. The maximum atomic E-state index is 13.1. The van der Waals surface area contributed by atoms with E-state index in [2.05, 4.69) is 10.5 Å². The fourth-order valence-electron chi connectivity index (χ4n) is 4.27. The number of piperidine rings is 1. The third-order valence-corrected chi connectivity index (χ3v) is 8.06. The Kier molecular flexibility index (Phi) is 7.33. The lowest BCUT2D eigenvalue weighted by Crippen LogP contribution is -2.46. The third kappa shape index (κ3) is 5.15. The van der Waals surface area contributed by atoms with Crippen molar-refractivity contribution in [1.82, 2.24) is 14.8 Å². The number of hydrogen-bond donors (Lipinski definition) is 1. The molecule has 1 N–H and O–H groups in total. The molecule has 2 aromatic carbocycles. The molecule has 2 heterocycles. The maximum absolute atomic E-state index is 13.1. The van der Waals surface area contributed by atoms with Gasteiger partial charge in [-0.3, -0.25) is 4.79 Å². The predicted molar refractivity (Wildman–Crippen MR) is 128 cm³/mol. The summed E-state index contributed by atoms with van der Waals surface area (Å²) in [6.45, 7) is 4.33. The van der Waals surface area contributed by atoms with E-state index in [0.717, 1.165) is 16.9 Å². The molecule has 1 aliphatic rings. The van der Waals surface area contributed by atoms with Crippen molar-refractivity contribution >= 4 is 15.9 Å². The van der Waals surface area contributed by atoms with Gasteiger partial charge in [-0.2, -0.15) is 4.31 Å². The van der Waals surface area contributed by atoms with Crippen LogP contribution in [-0.2, 0) is 14.8 Å². The number of nitrogens with zero attached hydrogens (tertiary/aromatic N) is 2. The van der Waals surface area contributed by atoms with E-state index in [1.165, 1.54) is 4.31 Å². The highest BCUT2D eigenvalue weighted by Gasteiger charge is 2.36. The van der Waals surface area contributed by atoms with Crippen LogP contribution in [0.15, 0.2) is 64.0 Å². The first-order chi connectivity index (χ1) is 16.4. The number of aryl methyl sites for hydroxylation is 2. The Morgan fingerprint density at radius 3 is 2.62 bits per heavy atom. The van der Waals surface area contributed by atoms with Gasteiger partial charge in [-0.25, -0.2) is 8.42 Å². The van der Waals surface area contributed by atoms with Gasteiger partial charge in [0.25, 0.3) is 0 Å². The molecule has 8 nitrogen and oxygen atoms in total. The Morgan fingerprint density at radius 2 is 1.88 bits per heavy atom. The van der Waals surface area contributed by atoms with E-state index in [0.29, 0.717) is 38.2 Å². The highest BCUT2D eigenvalue weighted by Crippen LogP contribution is 2.30. The second-order valence-electron chi connectivity index (χ2n) is 8.36. The van der Waals surface area contributed by atoms with E-state index in [9.17, 15) is 13.2 Å². The first-order valence-corrected chi connectivity index (χ1v) is 12.8. The molecular formula is C25H29N3O5S. The van der Waals surface area contributed by atoms with Crippen molar-refractivity contribution in [3.63, 3.8) is 0 Å². The average molecular weight is 484 g/mol. The second kappa shape index (κ2) is 10.4. The summed E-state index contributed by atoms with van der Waals surface area (Å²) in [5.74, 6) is 0.425. The van der Waals surface area contributed by atoms with Crippen LogP contribution in [0.5, 0.6) is 5.75 Å². The Hall–Kier alpha value is -3.17. The number of para-hydroxylation sites is 1. The van der Waals surface area contributed by atoms with Crippen molar-refractivity contribution in [1.29, 1.82) is 0 Å². The molecule has 0 spiro atoms. The van der Waals surface area contributed by atoms with Gasteiger partial charge in [0.05, 0.1) is 12.5 Å². The van der Waals surface area contributed by atoms with E-state index in [-0.39, 0.29) is 23.1 Å². The molecule has 3 aromatic rings. The van der Waals surface area contributed by atoms with Crippen LogP contribution in [0.3, 0.4) is 0 Å². The number of benzene rings is 2. The summed E-state index contributed by atoms with van der Waals surface area (Å²) >= 11 is 0. The summed E-state index contributed by atoms with van der Waals surface area (Å²) in [6, 6.07) is 17.7. The molecule has 1 amide bonds. The number of aromatic nitrogens is 1. The van der Waals surface area contributed by atoms with Crippen LogP contribution in [0.2, 0.25) is 0 Å². The zero-order valence-electron chi connectivity index (χ0n) is 19.4.